The Morgan fingerprint density at radius 3 is 2.41 bits per heavy atom. The number of aromatic nitrogens is 1. The van der Waals surface area contributed by atoms with E-state index < -0.39 is 15.6 Å². The van der Waals surface area contributed by atoms with Gasteiger partial charge in [-0.1, -0.05) is 13.8 Å². The van der Waals surface area contributed by atoms with Gasteiger partial charge in [-0.2, -0.15) is 0 Å². The van der Waals surface area contributed by atoms with Crippen LogP contribution in [0, 0.1) is 6.92 Å². The Balaban J connectivity index is 2.19. The van der Waals surface area contributed by atoms with E-state index in [0.717, 1.165) is 20.8 Å². The maximum atomic E-state index is 12.4. The Kier molecular flexibility index (Phi) is 5.51. The summed E-state index contributed by atoms with van der Waals surface area (Å²) >= 11 is 0. The summed E-state index contributed by atoms with van der Waals surface area (Å²) in [5.41, 5.74) is 2.29. The number of benzene rings is 1. The zero-order chi connectivity index (χ0) is 21.5. The second kappa shape index (κ2) is 7.61. The number of sulfonamides is 1. The van der Waals surface area contributed by atoms with E-state index in [4.69, 9.17) is 4.42 Å². The van der Waals surface area contributed by atoms with Crippen LogP contribution in [0.15, 0.2) is 55.4 Å². The lowest BCUT2D eigenvalue weighted by molar-refractivity contribution is 0.519. The van der Waals surface area contributed by atoms with E-state index in [0.29, 0.717) is 11.1 Å². The summed E-state index contributed by atoms with van der Waals surface area (Å²) in [5.74, 6) is 0.274. The number of pyridine rings is 1. The van der Waals surface area contributed by atoms with Gasteiger partial charge in [0.05, 0.1) is 11.4 Å². The topological polar surface area (TPSA) is 89.6 Å². The van der Waals surface area contributed by atoms with Gasteiger partial charge < -0.3 is 8.98 Å². The molecule has 3 aromatic rings. The fourth-order valence-electron chi connectivity index (χ4n) is 3.32. The lowest BCUT2D eigenvalue weighted by Gasteiger charge is -2.15. The van der Waals surface area contributed by atoms with E-state index in [1.165, 1.54) is 43.1 Å². The number of aryl methyl sites for hydroxylation is 1. The van der Waals surface area contributed by atoms with Crippen LogP contribution >= 0.6 is 0 Å². The summed E-state index contributed by atoms with van der Waals surface area (Å²) in [5, 5.41) is 0.728. The summed E-state index contributed by atoms with van der Waals surface area (Å²) in [6.07, 6.45) is 1.30. The molecule has 0 amide bonds. The van der Waals surface area contributed by atoms with Crippen molar-refractivity contribution in [3.8, 4) is 0 Å². The molecule has 3 rings (SSSR count). The lowest BCUT2D eigenvalue weighted by Crippen LogP contribution is -2.26. The van der Waals surface area contributed by atoms with E-state index in [2.05, 4.69) is 13.8 Å². The maximum absolute atomic E-state index is 12.4. The lowest BCUT2D eigenvalue weighted by atomic mass is 9.95. The van der Waals surface area contributed by atoms with E-state index in [-0.39, 0.29) is 22.9 Å². The molecular weight excluding hydrogens is 392 g/mol. The molecule has 0 atom stereocenters. The highest BCUT2D eigenvalue weighted by molar-refractivity contribution is 7.89. The molecule has 0 spiro atoms. The minimum Gasteiger partial charge on any atom is -0.423 e. The first-order valence-corrected chi connectivity index (χ1v) is 10.6. The monoisotopic (exact) mass is 416 g/mol. The van der Waals surface area contributed by atoms with E-state index >= 15 is 0 Å². The van der Waals surface area contributed by atoms with Gasteiger partial charge in [-0.25, -0.2) is 17.5 Å². The highest BCUT2D eigenvalue weighted by atomic mass is 32.2. The molecule has 0 aliphatic heterocycles. The van der Waals surface area contributed by atoms with Crippen molar-refractivity contribution in [2.75, 3.05) is 14.1 Å². The maximum Gasteiger partial charge on any atom is 0.336 e. The largest absolute Gasteiger partial charge is 0.423 e. The van der Waals surface area contributed by atoms with Crippen LogP contribution in [0.1, 0.15) is 36.5 Å². The third-order valence-electron chi connectivity index (χ3n) is 4.91. The Bertz CT molecular complexity index is 1300. The van der Waals surface area contributed by atoms with Gasteiger partial charge in [0.25, 0.3) is 5.56 Å². The van der Waals surface area contributed by atoms with Gasteiger partial charge in [-0.05, 0) is 47.7 Å². The summed E-state index contributed by atoms with van der Waals surface area (Å²) in [6, 6.07) is 7.64. The summed E-state index contributed by atoms with van der Waals surface area (Å²) in [7, 11) is -0.835. The van der Waals surface area contributed by atoms with Gasteiger partial charge in [-0.15, -0.1) is 0 Å². The van der Waals surface area contributed by atoms with Crippen molar-refractivity contribution >= 4 is 21.0 Å². The Hall–Kier alpha value is -2.71. The Morgan fingerprint density at radius 2 is 1.79 bits per heavy atom. The average molecular weight is 416 g/mol. The summed E-state index contributed by atoms with van der Waals surface area (Å²) < 4.78 is 32.6. The molecule has 0 aliphatic carbocycles. The number of rotatable bonds is 5. The molecule has 2 heterocycles. The van der Waals surface area contributed by atoms with Crippen molar-refractivity contribution in [3.05, 3.63) is 74.0 Å². The van der Waals surface area contributed by atoms with Crippen LogP contribution in [0.5, 0.6) is 0 Å². The van der Waals surface area contributed by atoms with Gasteiger partial charge in [0.2, 0.25) is 10.0 Å². The highest BCUT2D eigenvalue weighted by Gasteiger charge is 2.19. The van der Waals surface area contributed by atoms with Crippen LogP contribution in [0.2, 0.25) is 0 Å². The second-order valence-corrected chi connectivity index (χ2v) is 9.72. The van der Waals surface area contributed by atoms with Crippen LogP contribution in [-0.2, 0) is 16.6 Å². The van der Waals surface area contributed by atoms with Crippen molar-refractivity contribution in [2.45, 2.75) is 38.1 Å². The van der Waals surface area contributed by atoms with Gasteiger partial charge in [-0.3, -0.25) is 4.79 Å². The predicted octanol–water partition coefficient (Wildman–Crippen LogP) is 2.69. The van der Waals surface area contributed by atoms with E-state index in [1.807, 2.05) is 19.1 Å². The molecule has 0 saturated heterocycles. The molecule has 7 nitrogen and oxygen atoms in total. The van der Waals surface area contributed by atoms with Gasteiger partial charge in [0.1, 0.15) is 5.58 Å². The fourth-order valence-corrected chi connectivity index (χ4v) is 4.25. The molecule has 0 saturated carbocycles. The molecular formula is C21H24N2O5S. The number of hydrogen-bond donors (Lipinski definition) is 0. The van der Waals surface area contributed by atoms with Gasteiger partial charge >= 0.3 is 5.63 Å². The van der Waals surface area contributed by atoms with Crippen molar-refractivity contribution in [1.29, 1.82) is 0 Å². The zero-order valence-electron chi connectivity index (χ0n) is 17.1. The molecule has 154 valence electrons. The molecule has 0 bridgehead atoms. The summed E-state index contributed by atoms with van der Waals surface area (Å²) in [6.45, 7) is 6.17. The van der Waals surface area contributed by atoms with Crippen LogP contribution in [-0.4, -0.2) is 31.4 Å². The smallest absolute Gasteiger partial charge is 0.336 e. The SMILES string of the molecule is Cc1cc2oc(=O)cc(Cn3cc(S(=O)(=O)N(C)C)ccc3=O)c2cc1C(C)C. The molecule has 1 aromatic carbocycles. The number of nitrogens with zero attached hydrogens (tertiary/aromatic N) is 2. The van der Waals surface area contributed by atoms with Crippen molar-refractivity contribution in [1.82, 2.24) is 8.87 Å². The minimum atomic E-state index is -3.69. The van der Waals surface area contributed by atoms with Crippen molar-refractivity contribution in [2.24, 2.45) is 0 Å². The number of fused-ring (bicyclic) bond motifs is 1. The Labute approximate surface area is 169 Å². The molecule has 0 N–H and O–H groups in total. The van der Waals surface area contributed by atoms with Crippen LogP contribution in [0.3, 0.4) is 0 Å². The third kappa shape index (κ3) is 4.04. The van der Waals surface area contributed by atoms with Crippen molar-refractivity contribution in [3.63, 3.8) is 0 Å². The van der Waals surface area contributed by atoms with E-state index in [9.17, 15) is 18.0 Å². The minimum absolute atomic E-state index is 0.00749. The quantitative estimate of drug-likeness (QED) is 0.597. The van der Waals surface area contributed by atoms with Gasteiger partial charge in [0.15, 0.2) is 0 Å². The molecule has 2 aromatic heterocycles. The molecule has 8 heteroatoms. The second-order valence-electron chi connectivity index (χ2n) is 7.57. The Morgan fingerprint density at radius 1 is 1.10 bits per heavy atom. The van der Waals surface area contributed by atoms with Crippen LogP contribution in [0.25, 0.3) is 11.0 Å². The van der Waals surface area contributed by atoms with Crippen LogP contribution in [0.4, 0.5) is 0 Å². The molecule has 0 fully saturated rings. The van der Waals surface area contributed by atoms with Crippen LogP contribution < -0.4 is 11.2 Å². The fraction of sp³-hybridized carbons (Fsp3) is 0.333. The third-order valence-corrected chi connectivity index (χ3v) is 6.71. The molecule has 0 radical (unpaired) electrons. The zero-order valence-corrected chi connectivity index (χ0v) is 17.9. The highest BCUT2D eigenvalue weighted by Crippen LogP contribution is 2.27. The molecule has 29 heavy (non-hydrogen) atoms. The summed E-state index contributed by atoms with van der Waals surface area (Å²) in [4.78, 5) is 24.5. The first-order chi connectivity index (χ1) is 13.5. The first-order valence-electron chi connectivity index (χ1n) is 9.21. The molecule has 0 unspecified atom stereocenters. The predicted molar refractivity (Wildman–Crippen MR) is 112 cm³/mol. The van der Waals surface area contributed by atoms with Gasteiger partial charge in [0, 0.05) is 37.8 Å². The van der Waals surface area contributed by atoms with Crippen molar-refractivity contribution < 1.29 is 12.8 Å². The first kappa shape index (κ1) is 21.0. The normalized spacial score (nSPS) is 12.2. The molecule has 0 aliphatic rings. The number of hydrogen-bond acceptors (Lipinski definition) is 5. The standard InChI is InChI=1S/C21H24N2O5S/c1-13(2)17-10-18-15(9-21(25)28-19(18)8-14(17)3)11-23-12-16(6-7-20(23)24)29(26,27)22(4)5/h6-10,12-13H,11H2,1-5H3. The van der Waals surface area contributed by atoms with E-state index in [1.54, 1.807) is 0 Å². The average Bonchev–Trinajstić information content (AvgIpc) is 2.62.